The maximum Gasteiger partial charge on any atom is 0.258 e. The summed E-state index contributed by atoms with van der Waals surface area (Å²) in [6.07, 6.45) is 2.45. The van der Waals surface area contributed by atoms with Gasteiger partial charge < -0.3 is 10.1 Å². The van der Waals surface area contributed by atoms with Crippen LogP contribution in [0.2, 0.25) is 5.15 Å². The van der Waals surface area contributed by atoms with Gasteiger partial charge in [-0.3, -0.25) is 4.79 Å². The fourth-order valence-electron chi connectivity index (χ4n) is 1.04. The molecule has 1 unspecified atom stereocenters. The molecule has 0 aromatic carbocycles. The van der Waals surface area contributed by atoms with Gasteiger partial charge in [-0.2, -0.15) is 0 Å². The first-order valence-electron chi connectivity index (χ1n) is 5.16. The molecule has 0 aliphatic rings. The summed E-state index contributed by atoms with van der Waals surface area (Å²) in [7, 11) is 0. The zero-order valence-corrected chi connectivity index (χ0v) is 10.1. The molecule has 0 fully saturated rings. The highest BCUT2D eigenvalue weighted by atomic mass is 35.5. The van der Waals surface area contributed by atoms with E-state index in [-0.39, 0.29) is 23.7 Å². The summed E-state index contributed by atoms with van der Waals surface area (Å²) in [6.45, 7) is 3.90. The zero-order valence-electron chi connectivity index (χ0n) is 9.37. The van der Waals surface area contributed by atoms with Crippen LogP contribution in [0.3, 0.4) is 0 Å². The van der Waals surface area contributed by atoms with Gasteiger partial charge in [0.05, 0.1) is 0 Å². The van der Waals surface area contributed by atoms with Crippen LogP contribution in [-0.4, -0.2) is 23.5 Å². The average Bonchev–Trinajstić information content (AvgIpc) is 2.28. The fourth-order valence-corrected chi connectivity index (χ4v) is 1.21. The number of carbonyl (C=O) groups excluding carboxylic acids is 1. The van der Waals surface area contributed by atoms with Gasteiger partial charge in [0.2, 0.25) is 0 Å². The number of nitrogens with one attached hydrogen (secondary N) is 1. The number of nitrogens with zero attached hydrogens (tertiary/aromatic N) is 1. The summed E-state index contributed by atoms with van der Waals surface area (Å²) < 4.78 is 5.24. The Bertz CT molecular complexity index is 358. The summed E-state index contributed by atoms with van der Waals surface area (Å²) in [4.78, 5) is 15.2. The molecule has 0 radical (unpaired) electrons. The number of halogens is 1. The van der Waals surface area contributed by atoms with Crippen molar-refractivity contribution >= 4 is 17.5 Å². The van der Waals surface area contributed by atoms with Gasteiger partial charge in [-0.1, -0.05) is 18.5 Å². The van der Waals surface area contributed by atoms with Crippen molar-refractivity contribution in [1.82, 2.24) is 10.3 Å². The van der Waals surface area contributed by atoms with E-state index < -0.39 is 0 Å². The quantitative estimate of drug-likeness (QED) is 0.804. The number of hydrogen-bond donors (Lipinski definition) is 1. The molecule has 1 aromatic rings. The van der Waals surface area contributed by atoms with Crippen LogP contribution in [0.4, 0.5) is 0 Å². The minimum atomic E-state index is -0.158. The molecule has 16 heavy (non-hydrogen) atoms. The molecule has 88 valence electrons. The Kier molecular flexibility index (Phi) is 5.05. The van der Waals surface area contributed by atoms with Crippen molar-refractivity contribution in [2.45, 2.75) is 26.3 Å². The lowest BCUT2D eigenvalue weighted by molar-refractivity contribution is -0.123. The van der Waals surface area contributed by atoms with Gasteiger partial charge in [-0.25, -0.2) is 4.98 Å². The van der Waals surface area contributed by atoms with Gasteiger partial charge in [0.1, 0.15) is 0 Å². The second kappa shape index (κ2) is 6.33. The Labute approximate surface area is 100.0 Å². The minimum Gasteiger partial charge on any atom is -0.481 e. The SMILES string of the molecule is CCC(C)NC(=O)COc1cccnc1Cl. The molecule has 1 aromatic heterocycles. The van der Waals surface area contributed by atoms with Gasteiger partial charge in [-0.05, 0) is 25.5 Å². The second-order valence-corrected chi connectivity index (χ2v) is 3.82. The Morgan fingerprint density at radius 2 is 2.44 bits per heavy atom. The molecule has 1 rings (SSSR count). The second-order valence-electron chi connectivity index (χ2n) is 3.46. The Morgan fingerprint density at radius 3 is 3.06 bits per heavy atom. The van der Waals surface area contributed by atoms with Crippen molar-refractivity contribution in [2.75, 3.05) is 6.61 Å². The third kappa shape index (κ3) is 4.06. The predicted molar refractivity (Wildman–Crippen MR) is 62.6 cm³/mol. The van der Waals surface area contributed by atoms with E-state index in [1.165, 1.54) is 0 Å². The van der Waals surface area contributed by atoms with Crippen LogP contribution in [0, 0.1) is 0 Å². The largest absolute Gasteiger partial charge is 0.481 e. The molecule has 1 heterocycles. The highest BCUT2D eigenvalue weighted by molar-refractivity contribution is 6.30. The van der Waals surface area contributed by atoms with Crippen LogP contribution in [-0.2, 0) is 4.79 Å². The van der Waals surface area contributed by atoms with Crippen LogP contribution in [0.25, 0.3) is 0 Å². The number of carbonyl (C=O) groups is 1. The molecule has 0 aliphatic heterocycles. The fraction of sp³-hybridized carbons (Fsp3) is 0.455. The van der Waals surface area contributed by atoms with Gasteiger partial charge >= 0.3 is 0 Å². The van der Waals surface area contributed by atoms with Gasteiger partial charge in [0.25, 0.3) is 5.91 Å². The van der Waals surface area contributed by atoms with Crippen LogP contribution >= 0.6 is 11.6 Å². The monoisotopic (exact) mass is 242 g/mol. The van der Waals surface area contributed by atoms with E-state index in [0.29, 0.717) is 5.75 Å². The summed E-state index contributed by atoms with van der Waals surface area (Å²) in [6, 6.07) is 3.53. The van der Waals surface area contributed by atoms with E-state index in [1.807, 2.05) is 13.8 Å². The molecule has 0 bridgehead atoms. The summed E-state index contributed by atoms with van der Waals surface area (Å²) in [5.41, 5.74) is 0. The van der Waals surface area contributed by atoms with Crippen molar-refractivity contribution in [2.24, 2.45) is 0 Å². The van der Waals surface area contributed by atoms with Crippen LogP contribution in [0.15, 0.2) is 18.3 Å². The van der Waals surface area contributed by atoms with Crippen molar-refractivity contribution in [3.63, 3.8) is 0 Å². The number of hydrogen-bond acceptors (Lipinski definition) is 3. The smallest absolute Gasteiger partial charge is 0.258 e. The van der Waals surface area contributed by atoms with Crippen molar-refractivity contribution in [1.29, 1.82) is 0 Å². The van der Waals surface area contributed by atoms with Crippen LogP contribution in [0.5, 0.6) is 5.75 Å². The van der Waals surface area contributed by atoms with E-state index in [9.17, 15) is 4.79 Å². The number of amides is 1. The molecule has 0 saturated heterocycles. The molecule has 5 heteroatoms. The molecule has 1 N–H and O–H groups in total. The third-order valence-corrected chi connectivity index (χ3v) is 2.39. The number of rotatable bonds is 5. The highest BCUT2D eigenvalue weighted by Gasteiger charge is 2.07. The highest BCUT2D eigenvalue weighted by Crippen LogP contribution is 2.19. The minimum absolute atomic E-state index is 0.0459. The summed E-state index contributed by atoms with van der Waals surface area (Å²) >= 11 is 5.77. The number of ether oxygens (including phenoxy) is 1. The number of aromatic nitrogens is 1. The van der Waals surface area contributed by atoms with E-state index in [2.05, 4.69) is 10.3 Å². The van der Waals surface area contributed by atoms with Gasteiger partial charge in [0, 0.05) is 12.2 Å². The Hall–Kier alpha value is -1.29. The zero-order chi connectivity index (χ0) is 12.0. The van der Waals surface area contributed by atoms with Crippen LogP contribution in [0.1, 0.15) is 20.3 Å². The summed E-state index contributed by atoms with van der Waals surface area (Å²) in [5.74, 6) is 0.262. The molecular formula is C11H15ClN2O2. The van der Waals surface area contributed by atoms with E-state index in [1.54, 1.807) is 18.3 Å². The summed E-state index contributed by atoms with van der Waals surface area (Å²) in [5, 5.41) is 3.05. The Morgan fingerprint density at radius 1 is 1.69 bits per heavy atom. The predicted octanol–water partition coefficient (Wildman–Crippen LogP) is 2.03. The Balaban J connectivity index is 2.40. The molecular weight excluding hydrogens is 228 g/mol. The maximum absolute atomic E-state index is 11.4. The van der Waals surface area contributed by atoms with E-state index >= 15 is 0 Å². The van der Waals surface area contributed by atoms with Crippen molar-refractivity contribution < 1.29 is 9.53 Å². The number of pyridine rings is 1. The first kappa shape index (κ1) is 12.8. The van der Waals surface area contributed by atoms with Gasteiger partial charge in [0.15, 0.2) is 17.5 Å². The molecule has 1 atom stereocenters. The average molecular weight is 243 g/mol. The third-order valence-electron chi connectivity index (χ3n) is 2.10. The topological polar surface area (TPSA) is 51.2 Å². The molecule has 4 nitrogen and oxygen atoms in total. The van der Waals surface area contributed by atoms with Gasteiger partial charge in [-0.15, -0.1) is 0 Å². The van der Waals surface area contributed by atoms with E-state index in [4.69, 9.17) is 16.3 Å². The first-order valence-corrected chi connectivity index (χ1v) is 5.54. The standard InChI is InChI=1S/C11H15ClN2O2/c1-3-8(2)14-10(15)7-16-9-5-4-6-13-11(9)12/h4-6,8H,3,7H2,1-2H3,(H,14,15). The lowest BCUT2D eigenvalue weighted by Crippen LogP contribution is -2.35. The molecule has 1 amide bonds. The lowest BCUT2D eigenvalue weighted by Gasteiger charge is -2.12. The lowest BCUT2D eigenvalue weighted by atomic mass is 10.2. The molecule has 0 saturated carbocycles. The maximum atomic E-state index is 11.4. The van der Waals surface area contributed by atoms with Crippen molar-refractivity contribution in [3.05, 3.63) is 23.5 Å². The van der Waals surface area contributed by atoms with E-state index in [0.717, 1.165) is 6.42 Å². The normalized spacial score (nSPS) is 11.9. The van der Waals surface area contributed by atoms with Crippen molar-refractivity contribution in [3.8, 4) is 5.75 Å². The van der Waals surface area contributed by atoms with Crippen LogP contribution < -0.4 is 10.1 Å². The molecule has 0 aliphatic carbocycles. The molecule has 0 spiro atoms. The first-order chi connectivity index (χ1) is 7.63.